The van der Waals surface area contributed by atoms with Crippen molar-refractivity contribution in [3.63, 3.8) is 0 Å². The van der Waals surface area contributed by atoms with Crippen molar-refractivity contribution in [1.82, 2.24) is 16.0 Å². The van der Waals surface area contributed by atoms with Crippen molar-refractivity contribution in [1.29, 1.82) is 0 Å². The molecule has 0 saturated carbocycles. The van der Waals surface area contributed by atoms with Crippen LogP contribution in [0.1, 0.15) is 114 Å². The first-order valence-corrected chi connectivity index (χ1v) is 19.7. The zero-order chi connectivity index (χ0) is 36.6. The second-order valence-corrected chi connectivity index (χ2v) is 14.1. The second kappa shape index (κ2) is 25.3. The van der Waals surface area contributed by atoms with E-state index >= 15 is 0 Å². The first-order valence-electron chi connectivity index (χ1n) is 18.3. The number of phenols is 2. The smallest absolute Gasteiger partial charge is 0.326 e. The van der Waals surface area contributed by atoms with E-state index in [9.17, 15) is 34.5 Å². The molecule has 0 aliphatic carbocycles. The van der Waals surface area contributed by atoms with Gasteiger partial charge in [-0.05, 0) is 60.2 Å². The van der Waals surface area contributed by atoms with Gasteiger partial charge in [-0.3, -0.25) is 14.4 Å². The van der Waals surface area contributed by atoms with Crippen LogP contribution in [0.15, 0.2) is 48.5 Å². The van der Waals surface area contributed by atoms with Crippen LogP contribution in [0.3, 0.4) is 0 Å². The topological polar surface area (TPSA) is 165 Å². The van der Waals surface area contributed by atoms with Crippen LogP contribution in [0.25, 0.3) is 0 Å². The molecule has 3 amide bonds. The zero-order valence-corrected chi connectivity index (χ0v) is 30.8. The number of hydrogen-bond donors (Lipinski definition) is 6. The number of amides is 3. The molecule has 0 saturated heterocycles. The molecule has 6 N–H and O–H groups in total. The molecule has 0 spiro atoms. The van der Waals surface area contributed by atoms with Crippen molar-refractivity contribution in [2.75, 3.05) is 12.0 Å². The highest BCUT2D eigenvalue weighted by atomic mass is 32.2. The van der Waals surface area contributed by atoms with Crippen molar-refractivity contribution < 1.29 is 34.5 Å². The number of carbonyl (C=O) groups excluding carboxylic acids is 3. The number of carboxylic acid groups (broad SMARTS) is 1. The molecule has 2 aromatic rings. The Morgan fingerprint density at radius 3 is 1.42 bits per heavy atom. The van der Waals surface area contributed by atoms with E-state index in [0.29, 0.717) is 23.3 Å². The average Bonchev–Trinajstić information content (AvgIpc) is 3.09. The van der Waals surface area contributed by atoms with Crippen LogP contribution < -0.4 is 16.0 Å². The van der Waals surface area contributed by atoms with Crippen LogP contribution in [-0.4, -0.2) is 69.1 Å². The van der Waals surface area contributed by atoms with Gasteiger partial charge in [-0.1, -0.05) is 108 Å². The van der Waals surface area contributed by atoms with Crippen molar-refractivity contribution in [2.24, 2.45) is 0 Å². The Bertz CT molecular complexity index is 1270. The third-order valence-corrected chi connectivity index (χ3v) is 9.41. The van der Waals surface area contributed by atoms with E-state index in [0.717, 1.165) is 19.3 Å². The fourth-order valence-electron chi connectivity index (χ4n) is 5.76. The van der Waals surface area contributed by atoms with Crippen LogP contribution in [0.2, 0.25) is 0 Å². The number of thioether (sulfide) groups is 1. The molecule has 2 aromatic carbocycles. The van der Waals surface area contributed by atoms with Gasteiger partial charge in [-0.15, -0.1) is 0 Å². The molecule has 2 rings (SSSR count). The van der Waals surface area contributed by atoms with Crippen molar-refractivity contribution in [2.45, 2.75) is 134 Å². The number of unbranched alkanes of at least 4 members (excludes halogenated alkanes) is 12. The molecule has 0 unspecified atom stereocenters. The van der Waals surface area contributed by atoms with Gasteiger partial charge < -0.3 is 31.3 Å². The van der Waals surface area contributed by atoms with Crippen molar-refractivity contribution in [3.05, 3.63) is 59.7 Å². The van der Waals surface area contributed by atoms with E-state index in [1.165, 1.54) is 93.8 Å². The minimum atomic E-state index is -1.17. The third-order valence-electron chi connectivity index (χ3n) is 8.77. The summed E-state index contributed by atoms with van der Waals surface area (Å²) in [5, 5.41) is 37.3. The first-order chi connectivity index (χ1) is 24.1. The Hall–Kier alpha value is -3.73. The van der Waals surface area contributed by atoms with Crippen LogP contribution in [0, 0.1) is 0 Å². The van der Waals surface area contributed by atoms with Crippen LogP contribution in [0.4, 0.5) is 0 Å². The van der Waals surface area contributed by atoms with Crippen molar-refractivity contribution in [3.8, 4) is 11.5 Å². The molecule has 3 atom stereocenters. The van der Waals surface area contributed by atoms with Gasteiger partial charge >= 0.3 is 5.97 Å². The number of nitrogens with one attached hydrogen (secondary N) is 3. The van der Waals surface area contributed by atoms with Gasteiger partial charge in [0.1, 0.15) is 29.6 Å². The fraction of sp³-hybridized carbons (Fsp3) is 0.590. The molecule has 10 nitrogen and oxygen atoms in total. The Morgan fingerprint density at radius 2 is 1.00 bits per heavy atom. The highest BCUT2D eigenvalue weighted by molar-refractivity contribution is 7.98. The van der Waals surface area contributed by atoms with Gasteiger partial charge in [0.25, 0.3) is 0 Å². The summed E-state index contributed by atoms with van der Waals surface area (Å²) in [5.41, 5.74) is 1.34. The summed E-state index contributed by atoms with van der Waals surface area (Å²) in [5.74, 6) is -2.06. The van der Waals surface area contributed by atoms with E-state index in [4.69, 9.17) is 0 Å². The van der Waals surface area contributed by atoms with E-state index in [1.54, 1.807) is 24.3 Å². The molecule has 0 heterocycles. The highest BCUT2D eigenvalue weighted by Crippen LogP contribution is 2.16. The summed E-state index contributed by atoms with van der Waals surface area (Å²) in [4.78, 5) is 52.2. The minimum Gasteiger partial charge on any atom is -0.508 e. The number of benzene rings is 2. The van der Waals surface area contributed by atoms with E-state index in [-0.39, 0.29) is 43.1 Å². The molecule has 0 aliphatic rings. The number of hydrogen-bond acceptors (Lipinski definition) is 7. The number of carbonyl (C=O) groups is 4. The molecule has 0 aromatic heterocycles. The Labute approximate surface area is 302 Å². The molecule has 0 radical (unpaired) electrons. The fourth-order valence-corrected chi connectivity index (χ4v) is 6.23. The maximum Gasteiger partial charge on any atom is 0.326 e. The highest BCUT2D eigenvalue weighted by Gasteiger charge is 2.30. The van der Waals surface area contributed by atoms with Gasteiger partial charge in [0.05, 0.1) is 0 Å². The number of aromatic hydroxyl groups is 2. The molecule has 0 aliphatic heterocycles. The maximum absolute atomic E-state index is 13.8. The predicted octanol–water partition coefficient (Wildman–Crippen LogP) is 6.66. The average molecular weight is 714 g/mol. The lowest BCUT2D eigenvalue weighted by Gasteiger charge is -2.25. The monoisotopic (exact) mass is 713 g/mol. The van der Waals surface area contributed by atoms with E-state index in [1.807, 2.05) is 6.26 Å². The van der Waals surface area contributed by atoms with Crippen LogP contribution >= 0.6 is 11.8 Å². The van der Waals surface area contributed by atoms with Gasteiger partial charge in [0, 0.05) is 19.3 Å². The predicted molar refractivity (Wildman–Crippen MR) is 200 cm³/mol. The molecule has 278 valence electrons. The van der Waals surface area contributed by atoms with E-state index < -0.39 is 35.9 Å². The normalized spacial score (nSPS) is 12.8. The second-order valence-electron chi connectivity index (χ2n) is 13.1. The molecule has 11 heteroatoms. The Balaban J connectivity index is 2.01. The number of rotatable bonds is 27. The van der Waals surface area contributed by atoms with Crippen LogP contribution in [-0.2, 0) is 32.0 Å². The zero-order valence-electron chi connectivity index (χ0n) is 30.0. The molecule has 50 heavy (non-hydrogen) atoms. The van der Waals surface area contributed by atoms with E-state index in [2.05, 4.69) is 22.9 Å². The Kier molecular flexibility index (Phi) is 21.4. The first kappa shape index (κ1) is 42.4. The standard InChI is InChI=1S/C39H59N3O7S/c1-3-4-5-6-7-8-9-10-11-12-13-14-15-16-36(45)40-34(27-29-17-21-31(43)22-18-29)37(46)42-35(28-30-19-23-32(44)24-20-30)38(47)41-33(39(48)49)25-26-50-2/h17-24,33-35,43-44H,3-16,25-28H2,1-2H3,(H,40,45)(H,41,47)(H,42,46)(H,48,49)/t33-,34-,35-/m0/s1. The minimum absolute atomic E-state index is 0.0333. The lowest BCUT2D eigenvalue weighted by Crippen LogP contribution is -2.57. The SMILES string of the molecule is CCCCCCCCCCCCCCCC(=O)N[C@@H](Cc1ccc(O)cc1)C(=O)N[C@@H](Cc1ccc(O)cc1)C(=O)N[C@@H](CCSC)C(=O)O. The summed E-state index contributed by atoms with van der Waals surface area (Å²) >= 11 is 1.46. The quantitative estimate of drug-likeness (QED) is 0.0560. The van der Waals surface area contributed by atoms with Crippen molar-refractivity contribution >= 4 is 35.5 Å². The summed E-state index contributed by atoms with van der Waals surface area (Å²) in [6, 6.07) is 9.20. The van der Waals surface area contributed by atoms with Gasteiger partial charge in [0.15, 0.2) is 0 Å². The lowest BCUT2D eigenvalue weighted by atomic mass is 10.0. The molecule has 0 fully saturated rings. The summed E-state index contributed by atoms with van der Waals surface area (Å²) in [6.07, 6.45) is 18.0. The summed E-state index contributed by atoms with van der Waals surface area (Å²) in [7, 11) is 0. The van der Waals surface area contributed by atoms with Gasteiger partial charge in [-0.25, -0.2) is 4.79 Å². The molecular weight excluding hydrogens is 655 g/mol. The molecular formula is C39H59N3O7S. The molecule has 0 bridgehead atoms. The lowest BCUT2D eigenvalue weighted by molar-refractivity contribution is -0.142. The number of carboxylic acids is 1. The summed E-state index contributed by atoms with van der Waals surface area (Å²) in [6.45, 7) is 2.24. The van der Waals surface area contributed by atoms with Gasteiger partial charge in [-0.2, -0.15) is 11.8 Å². The number of phenolic OH excluding ortho intramolecular Hbond substituents is 2. The largest absolute Gasteiger partial charge is 0.508 e. The summed E-state index contributed by atoms with van der Waals surface area (Å²) < 4.78 is 0. The van der Waals surface area contributed by atoms with Gasteiger partial charge in [0.2, 0.25) is 17.7 Å². The third kappa shape index (κ3) is 18.3. The Morgan fingerprint density at radius 1 is 0.600 bits per heavy atom. The number of aliphatic carboxylic acids is 1. The maximum atomic E-state index is 13.8. The van der Waals surface area contributed by atoms with Crippen LogP contribution in [0.5, 0.6) is 11.5 Å².